The SMILES string of the molecule is Cc1cc(Nc2nc(N(C)C3CC4CCC(C3)N4S(=O)(=O)N3CC(C#N)C3)nc3sc(C)cc23)n[nH]1. The molecule has 11 nitrogen and oxygen atoms in total. The summed E-state index contributed by atoms with van der Waals surface area (Å²) in [4.78, 5) is 13.9. The van der Waals surface area contributed by atoms with E-state index in [0.29, 0.717) is 30.7 Å². The van der Waals surface area contributed by atoms with Crippen molar-refractivity contribution in [2.45, 2.75) is 57.7 Å². The number of aromatic amines is 1. The van der Waals surface area contributed by atoms with Crippen LogP contribution >= 0.6 is 11.3 Å². The van der Waals surface area contributed by atoms with Crippen LogP contribution in [-0.4, -0.2) is 75.5 Å². The molecule has 2 N–H and O–H groups in total. The number of hydrogen-bond donors (Lipinski definition) is 2. The highest BCUT2D eigenvalue weighted by Crippen LogP contribution is 2.42. The molecule has 0 amide bonds. The van der Waals surface area contributed by atoms with Crippen molar-refractivity contribution in [1.82, 2.24) is 28.8 Å². The molecule has 0 saturated carbocycles. The Balaban J connectivity index is 1.24. The molecule has 0 spiro atoms. The van der Waals surface area contributed by atoms with Crippen molar-refractivity contribution in [1.29, 1.82) is 5.26 Å². The van der Waals surface area contributed by atoms with Gasteiger partial charge in [-0.3, -0.25) is 5.10 Å². The van der Waals surface area contributed by atoms with E-state index < -0.39 is 10.2 Å². The number of thiophene rings is 1. The molecule has 0 aliphatic carbocycles. The fraction of sp³-hybridized carbons (Fsp3) is 0.565. The number of piperidine rings is 1. The lowest BCUT2D eigenvalue weighted by atomic mass is 9.99. The third-order valence-corrected chi connectivity index (χ3v) is 10.6. The van der Waals surface area contributed by atoms with Gasteiger partial charge in [0.15, 0.2) is 5.82 Å². The molecule has 2 atom stereocenters. The number of aromatic nitrogens is 4. The summed E-state index contributed by atoms with van der Waals surface area (Å²) >= 11 is 1.63. The first-order chi connectivity index (χ1) is 17.2. The normalized spacial score (nSPS) is 25.1. The van der Waals surface area contributed by atoms with Gasteiger partial charge in [-0.15, -0.1) is 11.3 Å². The first kappa shape index (κ1) is 23.6. The van der Waals surface area contributed by atoms with E-state index in [4.69, 9.17) is 15.2 Å². The standard InChI is InChI=1S/C23H29N9O2S2/c1-13-6-20(29-28-13)25-21-19-7-14(2)35-22(19)27-23(26-21)30(3)18-8-16-4-5-17(9-18)32(16)36(33,34)31-11-15(10-24)12-31/h6-7,15-18H,4-5,8-9,11-12H2,1-3H3,(H2,25,26,27,28,29). The van der Waals surface area contributed by atoms with Crippen LogP contribution in [0.5, 0.6) is 0 Å². The minimum Gasteiger partial charge on any atom is -0.341 e. The van der Waals surface area contributed by atoms with E-state index in [2.05, 4.69) is 39.5 Å². The molecule has 2 bridgehead atoms. The largest absolute Gasteiger partial charge is 0.341 e. The summed E-state index contributed by atoms with van der Waals surface area (Å²) in [6, 6.07) is 6.23. The van der Waals surface area contributed by atoms with Crippen LogP contribution in [0.3, 0.4) is 0 Å². The van der Waals surface area contributed by atoms with Gasteiger partial charge in [-0.05, 0) is 45.6 Å². The van der Waals surface area contributed by atoms with E-state index >= 15 is 0 Å². The van der Waals surface area contributed by atoms with Gasteiger partial charge in [0.05, 0.1) is 17.4 Å². The average molecular weight is 528 g/mol. The highest BCUT2D eigenvalue weighted by atomic mass is 32.2. The topological polar surface area (TPSA) is 134 Å². The van der Waals surface area contributed by atoms with Gasteiger partial charge >= 0.3 is 0 Å². The average Bonchev–Trinajstić information content (AvgIpc) is 3.47. The van der Waals surface area contributed by atoms with Crippen LogP contribution in [0.4, 0.5) is 17.6 Å². The molecule has 6 heterocycles. The Morgan fingerprint density at radius 2 is 1.92 bits per heavy atom. The summed E-state index contributed by atoms with van der Waals surface area (Å²) in [5.74, 6) is 1.85. The molecule has 36 heavy (non-hydrogen) atoms. The number of anilines is 3. The van der Waals surface area contributed by atoms with Crippen LogP contribution < -0.4 is 10.2 Å². The lowest BCUT2D eigenvalue weighted by molar-refractivity contribution is 0.177. The van der Waals surface area contributed by atoms with E-state index in [-0.39, 0.29) is 24.0 Å². The second kappa shape index (κ2) is 8.65. The molecule has 6 rings (SSSR count). The van der Waals surface area contributed by atoms with Crippen molar-refractivity contribution in [2.75, 3.05) is 30.4 Å². The highest BCUT2D eigenvalue weighted by Gasteiger charge is 2.51. The van der Waals surface area contributed by atoms with Gasteiger partial charge in [0.2, 0.25) is 5.95 Å². The van der Waals surface area contributed by atoms with E-state index in [1.807, 2.05) is 20.0 Å². The molecule has 3 aliphatic rings. The van der Waals surface area contributed by atoms with Crippen molar-refractivity contribution in [2.24, 2.45) is 5.92 Å². The molecular weight excluding hydrogens is 498 g/mol. The first-order valence-corrected chi connectivity index (χ1v) is 14.4. The second-order valence-corrected chi connectivity index (χ2v) is 13.2. The molecule has 3 aromatic rings. The number of fused-ring (bicyclic) bond motifs is 3. The molecule has 2 unspecified atom stereocenters. The Bertz CT molecular complexity index is 1440. The van der Waals surface area contributed by atoms with Gasteiger partial charge in [-0.25, -0.2) is 4.98 Å². The third-order valence-electron chi connectivity index (χ3n) is 7.58. The Labute approximate surface area is 214 Å². The van der Waals surface area contributed by atoms with Gasteiger partial charge in [0.25, 0.3) is 10.2 Å². The lowest BCUT2D eigenvalue weighted by Gasteiger charge is -2.45. The Hall–Kier alpha value is -2.79. The quantitative estimate of drug-likeness (QED) is 0.500. The number of nitriles is 1. The van der Waals surface area contributed by atoms with Crippen LogP contribution in [0.25, 0.3) is 10.2 Å². The van der Waals surface area contributed by atoms with Crippen LogP contribution in [0.2, 0.25) is 0 Å². The first-order valence-electron chi connectivity index (χ1n) is 12.2. The number of nitrogens with one attached hydrogen (secondary N) is 2. The minimum atomic E-state index is -3.54. The van der Waals surface area contributed by atoms with E-state index in [1.165, 1.54) is 4.31 Å². The summed E-state index contributed by atoms with van der Waals surface area (Å²) in [7, 11) is -1.53. The summed E-state index contributed by atoms with van der Waals surface area (Å²) in [6.07, 6.45) is 3.18. The predicted molar refractivity (Wildman–Crippen MR) is 138 cm³/mol. The van der Waals surface area contributed by atoms with Crippen molar-refractivity contribution >= 4 is 49.3 Å². The predicted octanol–water partition coefficient (Wildman–Crippen LogP) is 2.91. The van der Waals surface area contributed by atoms with Crippen molar-refractivity contribution in [3.8, 4) is 6.07 Å². The zero-order valence-electron chi connectivity index (χ0n) is 20.5. The van der Waals surface area contributed by atoms with E-state index in [9.17, 15) is 8.42 Å². The summed E-state index contributed by atoms with van der Waals surface area (Å²) in [6.45, 7) is 4.62. The molecule has 3 saturated heterocycles. The van der Waals surface area contributed by atoms with Gasteiger partial charge in [-0.1, -0.05) is 0 Å². The van der Waals surface area contributed by atoms with Crippen LogP contribution in [0, 0.1) is 31.1 Å². The van der Waals surface area contributed by atoms with Crippen molar-refractivity contribution < 1.29 is 8.42 Å². The number of H-pyrrole nitrogens is 1. The van der Waals surface area contributed by atoms with Gasteiger partial charge in [0.1, 0.15) is 10.6 Å². The smallest absolute Gasteiger partial charge is 0.282 e. The molecule has 3 aliphatic heterocycles. The van der Waals surface area contributed by atoms with Crippen LogP contribution in [-0.2, 0) is 10.2 Å². The fourth-order valence-electron chi connectivity index (χ4n) is 5.69. The van der Waals surface area contributed by atoms with Crippen LogP contribution in [0.1, 0.15) is 36.3 Å². The van der Waals surface area contributed by atoms with Gasteiger partial charge < -0.3 is 10.2 Å². The monoisotopic (exact) mass is 527 g/mol. The Morgan fingerprint density at radius 3 is 2.56 bits per heavy atom. The summed E-state index contributed by atoms with van der Waals surface area (Å²) in [5.41, 5.74) is 0.959. The van der Waals surface area contributed by atoms with Crippen molar-refractivity contribution in [3.05, 3.63) is 22.7 Å². The highest BCUT2D eigenvalue weighted by molar-refractivity contribution is 7.86. The Kier molecular flexibility index (Phi) is 5.67. The minimum absolute atomic E-state index is 0.0420. The fourth-order valence-corrected chi connectivity index (χ4v) is 8.70. The number of hydrogen-bond acceptors (Lipinski definition) is 9. The van der Waals surface area contributed by atoms with Gasteiger partial charge in [0, 0.05) is 54.9 Å². The van der Waals surface area contributed by atoms with E-state index in [0.717, 1.165) is 46.5 Å². The third kappa shape index (κ3) is 3.92. The van der Waals surface area contributed by atoms with Crippen molar-refractivity contribution in [3.63, 3.8) is 0 Å². The maximum atomic E-state index is 13.3. The molecule has 13 heteroatoms. The lowest BCUT2D eigenvalue weighted by Crippen LogP contribution is -2.60. The molecule has 0 radical (unpaired) electrons. The maximum Gasteiger partial charge on any atom is 0.282 e. The number of rotatable bonds is 6. The summed E-state index contributed by atoms with van der Waals surface area (Å²) in [5, 5.41) is 20.6. The number of nitrogens with zero attached hydrogens (tertiary/aromatic N) is 7. The maximum absolute atomic E-state index is 13.3. The van der Waals surface area contributed by atoms with E-state index in [1.54, 1.807) is 15.6 Å². The molecule has 0 aromatic carbocycles. The second-order valence-electron chi connectivity index (χ2n) is 10.1. The zero-order valence-corrected chi connectivity index (χ0v) is 22.1. The van der Waals surface area contributed by atoms with Crippen LogP contribution in [0.15, 0.2) is 12.1 Å². The number of aryl methyl sites for hydroxylation is 2. The molecule has 3 aromatic heterocycles. The summed E-state index contributed by atoms with van der Waals surface area (Å²) < 4.78 is 29.8. The Morgan fingerprint density at radius 1 is 1.19 bits per heavy atom. The van der Waals surface area contributed by atoms with Gasteiger partial charge in [-0.2, -0.15) is 32.4 Å². The molecule has 190 valence electrons. The zero-order chi connectivity index (χ0) is 25.2. The molecular formula is C23H29N9O2S2. The molecule has 3 fully saturated rings.